The highest BCUT2D eigenvalue weighted by Crippen LogP contribution is 2.28. The van der Waals surface area contributed by atoms with Crippen molar-refractivity contribution >= 4 is 5.91 Å². The van der Waals surface area contributed by atoms with E-state index in [0.29, 0.717) is 37.4 Å². The van der Waals surface area contributed by atoms with E-state index < -0.39 is 0 Å². The molecule has 1 amide bonds. The van der Waals surface area contributed by atoms with Gasteiger partial charge in [-0.1, -0.05) is 19.9 Å². The molecule has 0 radical (unpaired) electrons. The van der Waals surface area contributed by atoms with Crippen LogP contribution in [0.3, 0.4) is 0 Å². The summed E-state index contributed by atoms with van der Waals surface area (Å²) < 4.78 is 10.5. The fraction of sp³-hybridized carbons (Fsp3) is 0.588. The number of carbonyl (C=O) groups is 1. The van der Waals surface area contributed by atoms with Crippen molar-refractivity contribution in [1.82, 2.24) is 4.90 Å². The number of hydrogen-bond acceptors (Lipinski definition) is 4. The number of methoxy groups -OCH3 is 2. The van der Waals surface area contributed by atoms with Gasteiger partial charge in [-0.05, 0) is 36.1 Å². The first-order valence-corrected chi connectivity index (χ1v) is 7.48. The lowest BCUT2D eigenvalue weighted by Gasteiger charge is -2.29. The molecule has 0 fully saturated rings. The number of ether oxygens (including phenoxy) is 2. The summed E-state index contributed by atoms with van der Waals surface area (Å²) in [5, 5.41) is 0. The van der Waals surface area contributed by atoms with E-state index in [2.05, 4.69) is 13.8 Å². The van der Waals surface area contributed by atoms with Crippen LogP contribution >= 0.6 is 0 Å². The molecule has 0 spiro atoms. The third kappa shape index (κ3) is 5.22. The van der Waals surface area contributed by atoms with Gasteiger partial charge < -0.3 is 20.1 Å². The number of benzene rings is 1. The molecule has 0 aliphatic rings. The van der Waals surface area contributed by atoms with Gasteiger partial charge in [0.2, 0.25) is 5.91 Å². The van der Waals surface area contributed by atoms with Gasteiger partial charge in [0.1, 0.15) is 0 Å². The number of rotatable bonds is 8. The number of aryl methyl sites for hydroxylation is 1. The van der Waals surface area contributed by atoms with Crippen LogP contribution in [0, 0.1) is 5.41 Å². The second-order valence-corrected chi connectivity index (χ2v) is 6.31. The molecule has 2 N–H and O–H groups in total. The van der Waals surface area contributed by atoms with E-state index >= 15 is 0 Å². The minimum absolute atomic E-state index is 0.0618. The van der Waals surface area contributed by atoms with Crippen molar-refractivity contribution in [2.75, 3.05) is 34.4 Å². The lowest BCUT2D eigenvalue weighted by atomic mass is 9.93. The van der Waals surface area contributed by atoms with Crippen molar-refractivity contribution in [3.63, 3.8) is 0 Å². The summed E-state index contributed by atoms with van der Waals surface area (Å²) in [5.74, 6) is 1.50. The molecule has 0 aliphatic heterocycles. The van der Waals surface area contributed by atoms with E-state index in [1.807, 2.05) is 25.2 Å². The fourth-order valence-corrected chi connectivity index (χ4v) is 2.27. The molecule has 1 aromatic carbocycles. The molecule has 0 atom stereocenters. The maximum absolute atomic E-state index is 12.2. The summed E-state index contributed by atoms with van der Waals surface area (Å²) in [4.78, 5) is 14.0. The van der Waals surface area contributed by atoms with Crippen molar-refractivity contribution in [3.8, 4) is 11.5 Å². The molecule has 0 aliphatic carbocycles. The average Bonchev–Trinajstić information content (AvgIpc) is 2.51. The van der Waals surface area contributed by atoms with Crippen LogP contribution in [-0.4, -0.2) is 45.2 Å². The third-order valence-electron chi connectivity index (χ3n) is 3.72. The van der Waals surface area contributed by atoms with Crippen LogP contribution in [0.25, 0.3) is 0 Å². The molecule has 5 nitrogen and oxygen atoms in total. The van der Waals surface area contributed by atoms with Crippen LogP contribution in [-0.2, 0) is 11.2 Å². The molecule has 0 saturated heterocycles. The molecule has 5 heteroatoms. The molecule has 22 heavy (non-hydrogen) atoms. The summed E-state index contributed by atoms with van der Waals surface area (Å²) >= 11 is 0. The molecule has 0 saturated carbocycles. The Morgan fingerprint density at radius 2 is 1.86 bits per heavy atom. The van der Waals surface area contributed by atoms with Crippen molar-refractivity contribution in [2.45, 2.75) is 26.7 Å². The van der Waals surface area contributed by atoms with Gasteiger partial charge in [-0.3, -0.25) is 4.79 Å². The molecule has 0 heterocycles. The minimum atomic E-state index is -0.0618. The van der Waals surface area contributed by atoms with Gasteiger partial charge in [-0.25, -0.2) is 0 Å². The molecular formula is C17H28N2O3. The van der Waals surface area contributed by atoms with Crippen LogP contribution in [0.5, 0.6) is 11.5 Å². The number of hydrogen-bond donors (Lipinski definition) is 1. The predicted octanol–water partition coefficient (Wildman–Crippen LogP) is 2.08. The van der Waals surface area contributed by atoms with Crippen LogP contribution in [0.1, 0.15) is 25.8 Å². The summed E-state index contributed by atoms with van der Waals surface area (Å²) in [6.07, 6.45) is 1.14. The monoisotopic (exact) mass is 308 g/mol. The van der Waals surface area contributed by atoms with Crippen molar-refractivity contribution in [2.24, 2.45) is 11.1 Å². The Kier molecular flexibility index (Phi) is 6.68. The van der Waals surface area contributed by atoms with Crippen molar-refractivity contribution < 1.29 is 14.3 Å². The van der Waals surface area contributed by atoms with Crippen molar-refractivity contribution in [1.29, 1.82) is 0 Å². The van der Waals surface area contributed by atoms with Gasteiger partial charge in [0.15, 0.2) is 11.5 Å². The van der Waals surface area contributed by atoms with Gasteiger partial charge in [0.05, 0.1) is 14.2 Å². The highest BCUT2D eigenvalue weighted by atomic mass is 16.5. The molecule has 1 rings (SSSR count). The molecule has 124 valence electrons. The Labute approximate surface area is 133 Å². The predicted molar refractivity (Wildman–Crippen MR) is 88.3 cm³/mol. The summed E-state index contributed by atoms with van der Waals surface area (Å²) in [6.45, 7) is 5.34. The number of carbonyl (C=O) groups excluding carboxylic acids is 1. The molecular weight excluding hydrogens is 280 g/mol. The highest BCUT2D eigenvalue weighted by molar-refractivity contribution is 5.76. The van der Waals surface area contributed by atoms with E-state index in [4.69, 9.17) is 15.2 Å². The van der Waals surface area contributed by atoms with Crippen LogP contribution in [0.15, 0.2) is 18.2 Å². The summed E-state index contributed by atoms with van der Waals surface area (Å²) in [6, 6.07) is 5.73. The zero-order valence-electron chi connectivity index (χ0n) is 14.3. The first-order valence-electron chi connectivity index (χ1n) is 7.48. The number of amides is 1. The maximum Gasteiger partial charge on any atom is 0.222 e. The van der Waals surface area contributed by atoms with Crippen molar-refractivity contribution in [3.05, 3.63) is 23.8 Å². The number of nitrogens with zero attached hydrogens (tertiary/aromatic N) is 1. The van der Waals surface area contributed by atoms with E-state index in [0.717, 1.165) is 5.56 Å². The van der Waals surface area contributed by atoms with Gasteiger partial charge >= 0.3 is 0 Å². The lowest BCUT2D eigenvalue weighted by Crippen LogP contribution is -2.39. The Morgan fingerprint density at radius 3 is 2.41 bits per heavy atom. The average molecular weight is 308 g/mol. The lowest BCUT2D eigenvalue weighted by molar-refractivity contribution is -0.131. The quantitative estimate of drug-likeness (QED) is 0.798. The standard InChI is InChI=1S/C17H28N2O3/c1-17(2,11-18)12-19(3)16(20)9-7-13-6-8-14(21-4)15(10-13)22-5/h6,8,10H,7,9,11-12,18H2,1-5H3. The van der Waals surface area contributed by atoms with Gasteiger partial charge in [-0.15, -0.1) is 0 Å². The van der Waals surface area contributed by atoms with Crippen LogP contribution in [0.4, 0.5) is 0 Å². The van der Waals surface area contributed by atoms with Gasteiger partial charge in [-0.2, -0.15) is 0 Å². The van der Waals surface area contributed by atoms with E-state index in [-0.39, 0.29) is 11.3 Å². The maximum atomic E-state index is 12.2. The fourth-order valence-electron chi connectivity index (χ4n) is 2.27. The van der Waals surface area contributed by atoms with E-state index in [9.17, 15) is 4.79 Å². The Bertz CT molecular complexity index is 501. The second-order valence-electron chi connectivity index (χ2n) is 6.31. The third-order valence-corrected chi connectivity index (χ3v) is 3.72. The molecule has 0 aromatic heterocycles. The topological polar surface area (TPSA) is 64.8 Å². The smallest absolute Gasteiger partial charge is 0.222 e. The first-order chi connectivity index (χ1) is 10.3. The second kappa shape index (κ2) is 8.03. The zero-order chi connectivity index (χ0) is 16.8. The Hall–Kier alpha value is -1.75. The molecule has 0 unspecified atom stereocenters. The zero-order valence-corrected chi connectivity index (χ0v) is 14.3. The highest BCUT2D eigenvalue weighted by Gasteiger charge is 2.21. The first kappa shape index (κ1) is 18.3. The Morgan fingerprint density at radius 1 is 1.23 bits per heavy atom. The summed E-state index contributed by atoms with van der Waals surface area (Å²) in [5.41, 5.74) is 6.71. The van der Waals surface area contributed by atoms with Crippen LogP contribution < -0.4 is 15.2 Å². The number of nitrogens with two attached hydrogens (primary N) is 1. The SMILES string of the molecule is COc1ccc(CCC(=O)N(C)CC(C)(C)CN)cc1OC. The van der Waals surface area contributed by atoms with Gasteiger partial charge in [0, 0.05) is 20.0 Å². The normalized spacial score (nSPS) is 11.2. The summed E-state index contributed by atoms with van der Waals surface area (Å²) in [7, 11) is 5.04. The largest absolute Gasteiger partial charge is 0.493 e. The van der Waals surface area contributed by atoms with Gasteiger partial charge in [0.25, 0.3) is 0 Å². The molecule has 0 bridgehead atoms. The minimum Gasteiger partial charge on any atom is -0.493 e. The van der Waals surface area contributed by atoms with E-state index in [1.165, 1.54) is 0 Å². The molecule has 1 aromatic rings. The van der Waals surface area contributed by atoms with Crippen LogP contribution in [0.2, 0.25) is 0 Å². The van der Waals surface area contributed by atoms with E-state index in [1.54, 1.807) is 19.1 Å². The Balaban J connectivity index is 2.60.